The summed E-state index contributed by atoms with van der Waals surface area (Å²) in [6, 6.07) is 8.11. The van der Waals surface area contributed by atoms with Gasteiger partial charge in [-0.1, -0.05) is 12.1 Å². The fourth-order valence-corrected chi connectivity index (χ4v) is 3.38. The molecule has 0 bridgehead atoms. The Kier molecular flexibility index (Phi) is 4.28. The van der Waals surface area contributed by atoms with Crippen LogP contribution in [-0.2, 0) is 16.0 Å². The van der Waals surface area contributed by atoms with Gasteiger partial charge in [0.25, 0.3) is 0 Å². The first-order valence-corrected chi connectivity index (χ1v) is 8.21. The predicted molar refractivity (Wildman–Crippen MR) is 85.3 cm³/mol. The number of hydrogen-bond acceptors (Lipinski definition) is 3. The van der Waals surface area contributed by atoms with Crippen LogP contribution in [-0.4, -0.2) is 42.1 Å². The van der Waals surface area contributed by atoms with Crippen LogP contribution in [0, 0.1) is 11.3 Å². The number of hydrogen-bond donors (Lipinski definition) is 1. The number of carboxylic acids is 1. The van der Waals surface area contributed by atoms with E-state index in [0.29, 0.717) is 31.8 Å². The van der Waals surface area contributed by atoms with E-state index < -0.39 is 11.4 Å². The first kappa shape index (κ1) is 15.8. The van der Waals surface area contributed by atoms with Gasteiger partial charge in [0.1, 0.15) is 11.2 Å². The third kappa shape index (κ3) is 3.19. The number of nitrogens with zero attached hydrogens (tertiary/aromatic N) is 1. The quantitative estimate of drug-likeness (QED) is 0.847. The third-order valence-electron chi connectivity index (χ3n) is 5.15. The Labute approximate surface area is 136 Å². The van der Waals surface area contributed by atoms with Crippen molar-refractivity contribution in [3.63, 3.8) is 0 Å². The van der Waals surface area contributed by atoms with Gasteiger partial charge >= 0.3 is 5.97 Å². The van der Waals surface area contributed by atoms with E-state index in [9.17, 15) is 14.7 Å². The highest BCUT2D eigenvalue weighted by atomic mass is 16.5. The van der Waals surface area contributed by atoms with E-state index in [0.717, 1.165) is 25.0 Å². The average molecular weight is 317 g/mol. The number of carboxylic acid groups (broad SMARTS) is 1. The highest BCUT2D eigenvalue weighted by Gasteiger charge is 2.58. The van der Waals surface area contributed by atoms with E-state index >= 15 is 0 Å². The standard InChI is InChI=1S/C18H23NO4/c1-23-15-4-2-13(3-5-15)12-14-6-10-19(11-7-14)16(20)18(8-9-18)17(21)22/h2-5,14H,6-12H2,1H3,(H,21,22). The molecule has 1 N–H and O–H groups in total. The van der Waals surface area contributed by atoms with Crippen molar-refractivity contribution in [2.45, 2.75) is 32.1 Å². The molecule has 1 amide bonds. The monoisotopic (exact) mass is 317 g/mol. The van der Waals surface area contributed by atoms with Crippen molar-refractivity contribution < 1.29 is 19.4 Å². The predicted octanol–water partition coefficient (Wildman–Crippen LogP) is 2.34. The molecule has 0 unspecified atom stereocenters. The number of methoxy groups -OCH3 is 1. The number of carbonyl (C=O) groups is 2. The fraction of sp³-hybridized carbons (Fsp3) is 0.556. The molecular weight excluding hydrogens is 294 g/mol. The summed E-state index contributed by atoms with van der Waals surface area (Å²) >= 11 is 0. The maximum absolute atomic E-state index is 12.4. The van der Waals surface area contributed by atoms with Crippen LogP contribution >= 0.6 is 0 Å². The number of ether oxygens (including phenoxy) is 1. The molecule has 2 fully saturated rings. The van der Waals surface area contributed by atoms with Crippen LogP contribution in [0.15, 0.2) is 24.3 Å². The molecule has 1 aliphatic carbocycles. The largest absolute Gasteiger partial charge is 0.497 e. The van der Waals surface area contributed by atoms with E-state index in [1.165, 1.54) is 5.56 Å². The summed E-state index contributed by atoms with van der Waals surface area (Å²) in [7, 11) is 1.66. The zero-order valence-electron chi connectivity index (χ0n) is 13.5. The molecule has 5 heteroatoms. The van der Waals surface area contributed by atoms with E-state index in [2.05, 4.69) is 12.1 Å². The topological polar surface area (TPSA) is 66.8 Å². The Morgan fingerprint density at radius 3 is 2.30 bits per heavy atom. The number of aliphatic carboxylic acids is 1. The molecule has 5 nitrogen and oxygen atoms in total. The van der Waals surface area contributed by atoms with Crippen molar-refractivity contribution >= 4 is 11.9 Å². The molecule has 2 aliphatic rings. The molecule has 1 aromatic rings. The van der Waals surface area contributed by atoms with Crippen LogP contribution in [0.4, 0.5) is 0 Å². The van der Waals surface area contributed by atoms with Gasteiger partial charge in [0.2, 0.25) is 5.91 Å². The molecule has 23 heavy (non-hydrogen) atoms. The van der Waals surface area contributed by atoms with Crippen molar-refractivity contribution in [3.8, 4) is 5.75 Å². The SMILES string of the molecule is COc1ccc(CC2CCN(C(=O)C3(C(=O)O)CC3)CC2)cc1. The van der Waals surface area contributed by atoms with Crippen LogP contribution in [0.5, 0.6) is 5.75 Å². The van der Waals surface area contributed by atoms with Crippen molar-refractivity contribution in [2.24, 2.45) is 11.3 Å². The lowest BCUT2D eigenvalue weighted by atomic mass is 9.89. The highest BCUT2D eigenvalue weighted by Crippen LogP contribution is 2.48. The molecule has 124 valence electrons. The second-order valence-electron chi connectivity index (χ2n) is 6.68. The first-order chi connectivity index (χ1) is 11.0. The Hall–Kier alpha value is -2.04. The number of piperidine rings is 1. The van der Waals surface area contributed by atoms with E-state index in [4.69, 9.17) is 4.74 Å². The van der Waals surface area contributed by atoms with Crippen molar-refractivity contribution in [1.82, 2.24) is 4.90 Å². The lowest BCUT2D eigenvalue weighted by Gasteiger charge is -2.33. The lowest BCUT2D eigenvalue weighted by molar-refractivity contribution is -0.154. The summed E-state index contributed by atoms with van der Waals surface area (Å²) in [5, 5.41) is 9.24. The van der Waals surface area contributed by atoms with Crippen LogP contribution in [0.2, 0.25) is 0 Å². The number of amides is 1. The second kappa shape index (κ2) is 6.22. The molecule has 1 heterocycles. The van der Waals surface area contributed by atoms with E-state index in [1.54, 1.807) is 12.0 Å². The summed E-state index contributed by atoms with van der Waals surface area (Å²) in [6.45, 7) is 1.35. The molecule has 0 spiro atoms. The second-order valence-corrected chi connectivity index (χ2v) is 6.68. The molecule has 1 aromatic carbocycles. The number of rotatable bonds is 5. The smallest absolute Gasteiger partial charge is 0.319 e. The summed E-state index contributed by atoms with van der Waals surface area (Å²) in [4.78, 5) is 25.4. The van der Waals surface area contributed by atoms with Crippen LogP contribution < -0.4 is 4.74 Å². The molecule has 3 rings (SSSR count). The summed E-state index contributed by atoms with van der Waals surface area (Å²) in [5.74, 6) is 0.278. The number of benzene rings is 1. The Bertz CT molecular complexity index is 584. The molecule has 1 saturated heterocycles. The van der Waals surface area contributed by atoms with Gasteiger partial charge in [-0.3, -0.25) is 9.59 Å². The van der Waals surface area contributed by atoms with Crippen molar-refractivity contribution in [1.29, 1.82) is 0 Å². The maximum Gasteiger partial charge on any atom is 0.319 e. The number of carbonyl (C=O) groups excluding carboxylic acids is 1. The van der Waals surface area contributed by atoms with E-state index in [-0.39, 0.29) is 5.91 Å². The zero-order valence-corrected chi connectivity index (χ0v) is 13.5. The van der Waals surface area contributed by atoms with Gasteiger partial charge < -0.3 is 14.7 Å². The molecule has 1 aliphatic heterocycles. The molecule has 0 radical (unpaired) electrons. The Morgan fingerprint density at radius 2 is 1.83 bits per heavy atom. The summed E-state index contributed by atoms with van der Waals surface area (Å²) in [5.41, 5.74) is 0.183. The summed E-state index contributed by atoms with van der Waals surface area (Å²) < 4.78 is 5.16. The Morgan fingerprint density at radius 1 is 1.22 bits per heavy atom. The Balaban J connectivity index is 1.52. The first-order valence-electron chi connectivity index (χ1n) is 8.21. The minimum atomic E-state index is -1.09. The average Bonchev–Trinajstić information content (AvgIpc) is 3.37. The maximum atomic E-state index is 12.4. The van der Waals surface area contributed by atoms with Gasteiger partial charge in [-0.25, -0.2) is 0 Å². The summed E-state index contributed by atoms with van der Waals surface area (Å²) in [6.07, 6.45) is 3.86. The molecular formula is C18H23NO4. The molecule has 1 saturated carbocycles. The van der Waals surface area contributed by atoms with E-state index in [1.807, 2.05) is 12.1 Å². The third-order valence-corrected chi connectivity index (χ3v) is 5.15. The van der Waals surface area contributed by atoms with Gasteiger partial charge in [0, 0.05) is 13.1 Å². The normalized spacial score (nSPS) is 20.1. The van der Waals surface area contributed by atoms with Gasteiger partial charge in [-0.05, 0) is 55.7 Å². The fourth-order valence-electron chi connectivity index (χ4n) is 3.38. The van der Waals surface area contributed by atoms with Gasteiger partial charge in [-0.15, -0.1) is 0 Å². The number of likely N-dealkylation sites (tertiary alicyclic amines) is 1. The lowest BCUT2D eigenvalue weighted by Crippen LogP contribution is -2.45. The van der Waals surface area contributed by atoms with Crippen LogP contribution in [0.3, 0.4) is 0 Å². The van der Waals surface area contributed by atoms with Gasteiger partial charge in [0.05, 0.1) is 7.11 Å². The van der Waals surface area contributed by atoms with Crippen LogP contribution in [0.25, 0.3) is 0 Å². The minimum Gasteiger partial charge on any atom is -0.497 e. The highest BCUT2D eigenvalue weighted by molar-refractivity contribution is 6.04. The van der Waals surface area contributed by atoms with Gasteiger partial charge in [-0.2, -0.15) is 0 Å². The van der Waals surface area contributed by atoms with Crippen molar-refractivity contribution in [2.75, 3.05) is 20.2 Å². The van der Waals surface area contributed by atoms with Crippen LogP contribution in [0.1, 0.15) is 31.2 Å². The molecule has 0 atom stereocenters. The zero-order chi connectivity index (χ0) is 16.4. The van der Waals surface area contributed by atoms with Crippen molar-refractivity contribution in [3.05, 3.63) is 29.8 Å². The minimum absolute atomic E-state index is 0.173. The molecule has 0 aromatic heterocycles. The van der Waals surface area contributed by atoms with Gasteiger partial charge in [0.15, 0.2) is 0 Å².